The van der Waals surface area contributed by atoms with Crippen LogP contribution in [0.4, 0.5) is 0 Å². The van der Waals surface area contributed by atoms with Crippen molar-refractivity contribution in [3.63, 3.8) is 0 Å². The van der Waals surface area contributed by atoms with Crippen molar-refractivity contribution < 1.29 is 14.7 Å². The van der Waals surface area contributed by atoms with Gasteiger partial charge in [-0.2, -0.15) is 0 Å². The normalized spacial score (nSPS) is 17.5. The molecule has 1 saturated heterocycles. The summed E-state index contributed by atoms with van der Waals surface area (Å²) in [5.41, 5.74) is 15.8. The number of nitrogens with zero attached hydrogens (tertiary/aromatic N) is 2. The number of nitrogens with two attached hydrogens (primary N) is 1. The maximum absolute atomic E-state index is 13.3. The molecule has 2 aromatic heterocycles. The van der Waals surface area contributed by atoms with Crippen LogP contribution in [-0.2, 0) is 29.0 Å². The first-order chi connectivity index (χ1) is 24.2. The van der Waals surface area contributed by atoms with E-state index in [1.54, 1.807) is 16.8 Å². The number of amides is 2. The summed E-state index contributed by atoms with van der Waals surface area (Å²) in [6.45, 7) is 2.66. The highest BCUT2D eigenvalue weighted by atomic mass is 35.5. The first-order valence-corrected chi connectivity index (χ1v) is 17.3. The molecule has 7 rings (SSSR count). The van der Waals surface area contributed by atoms with Crippen LogP contribution in [0.3, 0.4) is 0 Å². The van der Waals surface area contributed by atoms with Crippen LogP contribution in [0, 0.1) is 6.92 Å². The van der Waals surface area contributed by atoms with Gasteiger partial charge in [0.2, 0.25) is 11.8 Å². The Kier molecular flexibility index (Phi) is 9.52. The van der Waals surface area contributed by atoms with E-state index in [1.807, 2.05) is 36.4 Å². The predicted molar refractivity (Wildman–Crippen MR) is 195 cm³/mol. The summed E-state index contributed by atoms with van der Waals surface area (Å²) < 4.78 is 1.56. The fraction of sp³-hybridized carbons (Fsp3) is 0.282. The van der Waals surface area contributed by atoms with E-state index >= 15 is 0 Å². The predicted octanol–water partition coefficient (Wildman–Crippen LogP) is 3.93. The van der Waals surface area contributed by atoms with Crippen LogP contribution in [0.25, 0.3) is 39.0 Å². The minimum atomic E-state index is -0.929. The number of carbonyl (C=O) groups is 2. The van der Waals surface area contributed by atoms with Crippen LogP contribution in [0.2, 0.25) is 5.02 Å². The molecular formula is C39H39ClN6O4. The van der Waals surface area contributed by atoms with E-state index in [1.165, 1.54) is 5.56 Å². The lowest BCUT2D eigenvalue weighted by Crippen LogP contribution is -2.47. The monoisotopic (exact) mass is 690 g/mol. The average molecular weight is 691 g/mol. The lowest BCUT2D eigenvalue weighted by atomic mass is 9.91. The topological polar surface area (TPSA) is 151 Å². The smallest absolute Gasteiger partial charge is 0.262 e. The molecule has 11 heteroatoms. The molecule has 6 N–H and O–H groups in total. The van der Waals surface area contributed by atoms with E-state index in [4.69, 9.17) is 17.3 Å². The van der Waals surface area contributed by atoms with Crippen LogP contribution in [0.5, 0.6) is 0 Å². The van der Waals surface area contributed by atoms with Crippen molar-refractivity contribution >= 4 is 29.1 Å². The minimum absolute atomic E-state index is 0.0684. The molecule has 256 valence electrons. The second-order valence-electron chi connectivity index (χ2n) is 13.2. The molecule has 1 aliphatic carbocycles. The van der Waals surface area contributed by atoms with E-state index < -0.39 is 12.6 Å². The van der Waals surface area contributed by atoms with Gasteiger partial charge < -0.3 is 26.8 Å². The van der Waals surface area contributed by atoms with Crippen LogP contribution < -0.4 is 27.2 Å². The van der Waals surface area contributed by atoms with Gasteiger partial charge in [0, 0.05) is 60.7 Å². The molecule has 1 fully saturated rings. The lowest BCUT2D eigenvalue weighted by molar-refractivity contribution is -0.123. The molecule has 0 unspecified atom stereocenters. The number of fused-ring (bicyclic) bond motifs is 2. The van der Waals surface area contributed by atoms with Crippen molar-refractivity contribution in [1.82, 2.24) is 25.3 Å². The number of pyridine rings is 1. The molecule has 0 radical (unpaired) electrons. The first kappa shape index (κ1) is 33.6. The Morgan fingerprint density at radius 2 is 1.76 bits per heavy atom. The third-order valence-electron chi connectivity index (χ3n) is 9.84. The van der Waals surface area contributed by atoms with Gasteiger partial charge in [0.25, 0.3) is 5.56 Å². The quantitative estimate of drug-likeness (QED) is 0.149. The summed E-state index contributed by atoms with van der Waals surface area (Å²) >= 11 is 7.17. The molecule has 3 heterocycles. The molecule has 10 nitrogen and oxygen atoms in total. The number of carbonyl (C=O) groups excluding carboxylic acids is 2. The van der Waals surface area contributed by atoms with Gasteiger partial charge in [0.15, 0.2) is 0 Å². The Labute approximate surface area is 294 Å². The first-order valence-electron chi connectivity index (χ1n) is 16.9. The second kappa shape index (κ2) is 14.2. The van der Waals surface area contributed by atoms with Crippen molar-refractivity contribution in [2.24, 2.45) is 5.73 Å². The Morgan fingerprint density at radius 1 is 1.02 bits per heavy atom. The summed E-state index contributed by atoms with van der Waals surface area (Å²) in [6, 6.07) is 21.4. The molecule has 50 heavy (non-hydrogen) atoms. The molecule has 0 bridgehead atoms. The Balaban J connectivity index is 1.12. The summed E-state index contributed by atoms with van der Waals surface area (Å²) in [4.78, 5) is 41.6. The van der Waals surface area contributed by atoms with Gasteiger partial charge in [0.05, 0.1) is 11.6 Å². The Bertz CT molecular complexity index is 2180. The largest absolute Gasteiger partial charge is 0.394 e. The van der Waals surface area contributed by atoms with E-state index in [2.05, 4.69) is 58.2 Å². The SMILES string of the molecule is Cc1c(-c2ccn3c(=O)c(CNC[C@@H]4CCC(=O)N4)cnc3c2)cccc1-c1cccc(-c2ccc3c(c2)C[C@@H](NC(=O)[C@@H](N)CO)C3)c1Cl. The lowest BCUT2D eigenvalue weighted by Gasteiger charge is -2.16. The standard InChI is InChI=1S/C39H39ClN6O4/c1-22-30(25-12-13-46-35(17-25)43-19-27(39(46)50)18-42-20-28-10-11-36(48)44-28)4-2-5-31(22)33-7-3-6-32(37(33)40)24-9-8-23-15-29(16-26(23)14-24)45-38(49)34(41)21-47/h2-9,12-14,17,19,28-29,34,42,47H,10-11,15-16,18,20-21,41H2,1H3,(H,44,48)(H,45,49)/t28-,29-,34-/m0/s1. The molecule has 0 spiro atoms. The van der Waals surface area contributed by atoms with Gasteiger partial charge in [-0.25, -0.2) is 4.98 Å². The van der Waals surface area contributed by atoms with Gasteiger partial charge in [-0.1, -0.05) is 66.2 Å². The van der Waals surface area contributed by atoms with Crippen molar-refractivity contribution in [3.05, 3.63) is 117 Å². The zero-order chi connectivity index (χ0) is 34.9. The van der Waals surface area contributed by atoms with E-state index in [-0.39, 0.29) is 29.5 Å². The number of halogens is 1. The fourth-order valence-corrected chi connectivity index (χ4v) is 7.43. The maximum atomic E-state index is 13.3. The number of aliphatic hydroxyl groups is 1. The molecule has 2 aliphatic rings. The van der Waals surface area contributed by atoms with Crippen molar-refractivity contribution in [2.75, 3.05) is 13.2 Å². The van der Waals surface area contributed by atoms with Crippen LogP contribution in [0.15, 0.2) is 83.9 Å². The van der Waals surface area contributed by atoms with E-state index in [9.17, 15) is 19.5 Å². The summed E-state index contributed by atoms with van der Waals surface area (Å²) in [6.07, 6.45) is 6.12. The third-order valence-corrected chi connectivity index (χ3v) is 10.2. The zero-order valence-electron chi connectivity index (χ0n) is 27.7. The highest BCUT2D eigenvalue weighted by Crippen LogP contribution is 2.41. The zero-order valence-corrected chi connectivity index (χ0v) is 28.5. The maximum Gasteiger partial charge on any atom is 0.262 e. The highest BCUT2D eigenvalue weighted by Gasteiger charge is 2.26. The second-order valence-corrected chi connectivity index (χ2v) is 13.6. The molecule has 5 aromatic rings. The molecular weight excluding hydrogens is 652 g/mol. The van der Waals surface area contributed by atoms with Gasteiger partial charge in [-0.15, -0.1) is 0 Å². The number of rotatable bonds is 10. The Hall–Kier alpha value is -4.87. The number of hydrogen-bond donors (Lipinski definition) is 5. The molecule has 1 aliphatic heterocycles. The Morgan fingerprint density at radius 3 is 2.54 bits per heavy atom. The van der Waals surface area contributed by atoms with E-state index in [0.29, 0.717) is 48.6 Å². The third kappa shape index (κ3) is 6.67. The van der Waals surface area contributed by atoms with Crippen LogP contribution in [0.1, 0.15) is 35.1 Å². The highest BCUT2D eigenvalue weighted by molar-refractivity contribution is 6.36. The molecule has 3 aromatic carbocycles. The number of nitrogens with one attached hydrogen (secondary N) is 3. The molecule has 2 amide bonds. The van der Waals surface area contributed by atoms with Crippen LogP contribution in [-0.4, -0.2) is 57.6 Å². The molecule has 3 atom stereocenters. The van der Waals surface area contributed by atoms with Gasteiger partial charge >= 0.3 is 0 Å². The fourth-order valence-electron chi connectivity index (χ4n) is 7.10. The summed E-state index contributed by atoms with van der Waals surface area (Å²) in [5, 5.41) is 19.0. The van der Waals surface area contributed by atoms with Crippen LogP contribution >= 0.6 is 11.6 Å². The van der Waals surface area contributed by atoms with Gasteiger partial charge in [-0.05, 0) is 77.3 Å². The van der Waals surface area contributed by atoms with E-state index in [0.717, 1.165) is 50.9 Å². The van der Waals surface area contributed by atoms with Gasteiger partial charge in [-0.3, -0.25) is 18.8 Å². The van der Waals surface area contributed by atoms with Crippen molar-refractivity contribution in [1.29, 1.82) is 0 Å². The minimum Gasteiger partial charge on any atom is -0.394 e. The van der Waals surface area contributed by atoms with Gasteiger partial charge in [0.1, 0.15) is 11.7 Å². The van der Waals surface area contributed by atoms with Crippen molar-refractivity contribution in [2.45, 2.75) is 57.3 Å². The number of aromatic nitrogens is 2. The summed E-state index contributed by atoms with van der Waals surface area (Å²) in [7, 11) is 0. The van der Waals surface area contributed by atoms with Crippen molar-refractivity contribution in [3.8, 4) is 33.4 Å². The average Bonchev–Trinajstić information content (AvgIpc) is 3.73. The number of benzene rings is 3. The number of hydrogen-bond acceptors (Lipinski definition) is 7. The molecule has 0 saturated carbocycles. The number of aliphatic hydroxyl groups excluding tert-OH is 1. The summed E-state index contributed by atoms with van der Waals surface area (Å²) in [5.74, 6) is -0.280.